The summed E-state index contributed by atoms with van der Waals surface area (Å²) in [6.07, 6.45) is 7.01. The molecule has 5 rings (SSSR count). The fourth-order valence-corrected chi connectivity index (χ4v) is 7.14. The summed E-state index contributed by atoms with van der Waals surface area (Å²) in [6, 6.07) is 9.09. The second-order valence-corrected chi connectivity index (χ2v) is 13.1. The molecule has 3 aromatic rings. The van der Waals surface area contributed by atoms with Crippen molar-refractivity contribution < 1.29 is 29.4 Å². The van der Waals surface area contributed by atoms with Crippen LogP contribution in [0.5, 0.6) is 0 Å². The van der Waals surface area contributed by atoms with E-state index in [1.165, 1.54) is 0 Å². The van der Waals surface area contributed by atoms with Crippen LogP contribution < -0.4 is 16.0 Å². The van der Waals surface area contributed by atoms with Crippen LogP contribution in [0.2, 0.25) is 0 Å². The average Bonchev–Trinajstić information content (AvgIpc) is 3.72. The van der Waals surface area contributed by atoms with Gasteiger partial charge in [0, 0.05) is 38.9 Å². The van der Waals surface area contributed by atoms with Gasteiger partial charge >= 0.3 is 11.9 Å². The molecule has 0 saturated carbocycles. The molecule has 260 valence electrons. The minimum atomic E-state index is -0.958. The minimum absolute atomic E-state index is 0.102. The molecule has 4 heterocycles. The fraction of sp³-hybridized carbons (Fsp3) is 0.325. The van der Waals surface area contributed by atoms with E-state index in [9.17, 15) is 29.4 Å². The highest BCUT2D eigenvalue weighted by atomic mass is 16.4. The third kappa shape index (κ3) is 6.96. The van der Waals surface area contributed by atoms with Gasteiger partial charge in [0.1, 0.15) is 0 Å². The number of hydrogen-bond donors (Lipinski definition) is 5. The summed E-state index contributed by atoms with van der Waals surface area (Å²) in [6.45, 7) is 13.3. The first-order valence-corrected chi connectivity index (χ1v) is 16.9. The number of amides is 2. The monoisotopic (exact) mass is 676 g/mol. The summed E-state index contributed by atoms with van der Waals surface area (Å²) in [5, 5.41) is 24.4. The molecule has 2 atom stereocenters. The molecule has 0 radical (unpaired) electrons. The average molecular weight is 677 g/mol. The number of aliphatic imine (C=N–C) groups is 1. The number of nitrogens with one attached hydrogen (secondary N) is 3. The second-order valence-electron chi connectivity index (χ2n) is 13.1. The van der Waals surface area contributed by atoms with E-state index in [1.54, 1.807) is 26.0 Å². The van der Waals surface area contributed by atoms with Crippen molar-refractivity contribution >= 4 is 47.7 Å². The Kier molecular flexibility index (Phi) is 10.4. The number of aliphatic carboxylic acids is 2. The number of carboxylic acids is 2. The summed E-state index contributed by atoms with van der Waals surface area (Å²) in [5.41, 5.74) is 9.66. The third-order valence-corrected chi connectivity index (χ3v) is 9.94. The molecule has 0 saturated heterocycles. The van der Waals surface area contributed by atoms with E-state index in [0.29, 0.717) is 57.4 Å². The van der Waals surface area contributed by atoms with Gasteiger partial charge in [-0.3, -0.25) is 19.2 Å². The number of hydrogen-bond acceptors (Lipinski definition) is 4. The van der Waals surface area contributed by atoms with Gasteiger partial charge in [-0.25, -0.2) is 4.99 Å². The normalized spacial score (nSPS) is 17.7. The molecule has 5 N–H and O–H groups in total. The Morgan fingerprint density at radius 2 is 1.52 bits per heavy atom. The standard InChI is InChI=1S/C40H44N4O6/c1-8-26-22(5)38(47)43-32(26)17-30-21(4)28(16-29(40(49)50)25-13-11-10-12-14-25)34(41-30)19-35-37(20(3)15-36(45)46)24(7)31(42-35)18-33-27(9-2)23(6)39(48)44-33/h10-14,17-20,29,41-42H,8-9,15-16H2,1-7H3,(H,44,48)(H,45,46)(H,49,50)/b30-17-,33-18-,34-19-/t20-,29+/m0/s1. The van der Waals surface area contributed by atoms with E-state index in [0.717, 1.165) is 39.1 Å². The van der Waals surface area contributed by atoms with Gasteiger partial charge in [0.05, 0.1) is 18.1 Å². The number of rotatable bonds is 12. The molecule has 2 aliphatic heterocycles. The summed E-state index contributed by atoms with van der Waals surface area (Å²) in [4.78, 5) is 60.9. The number of benzene rings is 1. The van der Waals surface area contributed by atoms with Crippen molar-refractivity contribution in [2.45, 2.75) is 86.0 Å². The number of carbonyl (C=O) groups excluding carboxylic acids is 2. The quantitative estimate of drug-likeness (QED) is 0.171. The molecule has 0 unspecified atom stereocenters. The summed E-state index contributed by atoms with van der Waals surface area (Å²) in [7, 11) is 0. The molecule has 50 heavy (non-hydrogen) atoms. The zero-order valence-corrected chi connectivity index (χ0v) is 29.6. The van der Waals surface area contributed by atoms with E-state index in [2.05, 4.69) is 20.3 Å². The second kappa shape index (κ2) is 14.5. The van der Waals surface area contributed by atoms with Crippen LogP contribution >= 0.6 is 0 Å². The van der Waals surface area contributed by atoms with Crippen molar-refractivity contribution in [3.8, 4) is 0 Å². The predicted molar refractivity (Wildman–Crippen MR) is 194 cm³/mol. The number of H-pyrrole nitrogens is 2. The lowest BCUT2D eigenvalue weighted by atomic mass is 9.90. The van der Waals surface area contributed by atoms with E-state index >= 15 is 0 Å². The van der Waals surface area contributed by atoms with Gasteiger partial charge in [-0.2, -0.15) is 0 Å². The van der Waals surface area contributed by atoms with Gasteiger partial charge in [0.15, 0.2) is 0 Å². The van der Waals surface area contributed by atoms with Crippen LogP contribution in [0, 0.1) is 13.8 Å². The first kappa shape index (κ1) is 35.8. The summed E-state index contributed by atoms with van der Waals surface area (Å²) < 4.78 is 0. The minimum Gasteiger partial charge on any atom is -0.481 e. The molecule has 2 aliphatic rings. The van der Waals surface area contributed by atoms with Crippen molar-refractivity contribution in [3.05, 3.63) is 108 Å². The smallest absolute Gasteiger partial charge is 0.311 e. The van der Waals surface area contributed by atoms with Gasteiger partial charge in [-0.05, 0) is 110 Å². The number of allylic oxidation sites excluding steroid dienone is 2. The Labute approximate surface area is 291 Å². The van der Waals surface area contributed by atoms with Crippen molar-refractivity contribution in [2.75, 3.05) is 0 Å². The molecule has 2 aromatic heterocycles. The van der Waals surface area contributed by atoms with Gasteiger partial charge in [0.25, 0.3) is 11.8 Å². The maximum Gasteiger partial charge on any atom is 0.311 e. The van der Waals surface area contributed by atoms with Gasteiger partial charge in [-0.15, -0.1) is 0 Å². The molecule has 10 nitrogen and oxygen atoms in total. The molecular weight excluding hydrogens is 632 g/mol. The van der Waals surface area contributed by atoms with Crippen molar-refractivity contribution in [3.63, 3.8) is 0 Å². The fourth-order valence-electron chi connectivity index (χ4n) is 7.14. The zero-order chi connectivity index (χ0) is 36.4. The van der Waals surface area contributed by atoms with Crippen LogP contribution in [0.15, 0.2) is 63.3 Å². The lowest BCUT2D eigenvalue weighted by Crippen LogP contribution is -2.19. The van der Waals surface area contributed by atoms with Gasteiger partial charge in [-0.1, -0.05) is 51.1 Å². The maximum absolute atomic E-state index is 12.7. The van der Waals surface area contributed by atoms with Crippen LogP contribution in [0.3, 0.4) is 0 Å². The lowest BCUT2D eigenvalue weighted by Gasteiger charge is -2.13. The highest BCUT2D eigenvalue weighted by Gasteiger charge is 2.27. The molecule has 0 bridgehead atoms. The number of carbonyl (C=O) groups is 4. The largest absolute Gasteiger partial charge is 0.481 e. The van der Waals surface area contributed by atoms with Crippen LogP contribution in [-0.2, 0) is 25.6 Å². The van der Waals surface area contributed by atoms with Crippen molar-refractivity contribution in [2.24, 2.45) is 4.99 Å². The molecule has 2 amide bonds. The van der Waals surface area contributed by atoms with Crippen LogP contribution in [0.25, 0.3) is 18.2 Å². The number of aromatic nitrogens is 2. The Hall–Kier alpha value is -5.51. The molecule has 1 aromatic carbocycles. The van der Waals surface area contributed by atoms with Crippen LogP contribution in [-0.4, -0.2) is 49.6 Å². The van der Waals surface area contributed by atoms with Crippen molar-refractivity contribution in [1.82, 2.24) is 15.3 Å². The van der Waals surface area contributed by atoms with E-state index in [-0.39, 0.29) is 30.6 Å². The Morgan fingerprint density at radius 3 is 2.14 bits per heavy atom. The van der Waals surface area contributed by atoms with E-state index in [1.807, 2.05) is 71.0 Å². The number of carboxylic acid groups (broad SMARTS) is 2. The molecular formula is C40H44N4O6. The Balaban J connectivity index is 1.76. The Bertz CT molecular complexity index is 2160. The SMILES string of the molecule is CCC1=C(C)C(=O)N=C1/C=c1\[nH]/c(=C\c2[nH]c(/C=C3\NC(=O)C(C)=C3CC)c(C)c2[C@@H](C)CC(=O)O)c(C[C@@H](C(=O)O)c2ccccc2)c1C. The van der Waals surface area contributed by atoms with Gasteiger partial charge < -0.3 is 25.5 Å². The lowest BCUT2D eigenvalue weighted by molar-refractivity contribution is -0.139. The van der Waals surface area contributed by atoms with E-state index < -0.39 is 17.9 Å². The molecule has 10 heteroatoms. The van der Waals surface area contributed by atoms with Crippen molar-refractivity contribution in [1.29, 1.82) is 0 Å². The van der Waals surface area contributed by atoms with Crippen LogP contribution in [0.4, 0.5) is 0 Å². The summed E-state index contributed by atoms with van der Waals surface area (Å²) >= 11 is 0. The third-order valence-electron chi connectivity index (χ3n) is 9.94. The Morgan fingerprint density at radius 1 is 0.840 bits per heavy atom. The topological polar surface area (TPSA) is 165 Å². The highest BCUT2D eigenvalue weighted by Crippen LogP contribution is 2.33. The first-order valence-electron chi connectivity index (χ1n) is 16.9. The van der Waals surface area contributed by atoms with Gasteiger partial charge in [0.2, 0.25) is 0 Å². The molecule has 0 aliphatic carbocycles. The molecule has 0 spiro atoms. The maximum atomic E-state index is 12.7. The van der Waals surface area contributed by atoms with Crippen LogP contribution in [0.1, 0.15) is 105 Å². The predicted octanol–water partition coefficient (Wildman–Crippen LogP) is 5.46. The highest BCUT2D eigenvalue weighted by molar-refractivity contribution is 6.30. The first-order chi connectivity index (χ1) is 23.7. The number of aromatic amines is 2. The zero-order valence-electron chi connectivity index (χ0n) is 29.6. The molecule has 0 fully saturated rings. The summed E-state index contributed by atoms with van der Waals surface area (Å²) in [5.74, 6) is -3.51. The van der Waals surface area contributed by atoms with E-state index in [4.69, 9.17) is 0 Å². The number of nitrogens with zero attached hydrogens (tertiary/aromatic N) is 1.